The SMILES string of the molecule is CNCc1cccc(C(=O)c2ccc(C)cc2C)c1. The lowest BCUT2D eigenvalue weighted by Crippen LogP contribution is -2.08. The van der Waals surface area contributed by atoms with Crippen LogP contribution in [0.25, 0.3) is 0 Å². The van der Waals surface area contributed by atoms with E-state index in [1.165, 1.54) is 5.56 Å². The number of hydrogen-bond acceptors (Lipinski definition) is 2. The number of aryl methyl sites for hydroxylation is 2. The second-order valence-electron chi connectivity index (χ2n) is 4.88. The molecule has 0 atom stereocenters. The molecule has 0 radical (unpaired) electrons. The van der Waals surface area contributed by atoms with Crippen LogP contribution in [0.4, 0.5) is 0 Å². The van der Waals surface area contributed by atoms with E-state index in [2.05, 4.69) is 5.32 Å². The zero-order chi connectivity index (χ0) is 13.8. The van der Waals surface area contributed by atoms with E-state index in [1.807, 2.05) is 63.4 Å². The summed E-state index contributed by atoms with van der Waals surface area (Å²) in [6.45, 7) is 4.79. The summed E-state index contributed by atoms with van der Waals surface area (Å²) in [7, 11) is 1.90. The van der Waals surface area contributed by atoms with Gasteiger partial charge in [-0.2, -0.15) is 0 Å². The highest BCUT2D eigenvalue weighted by Crippen LogP contribution is 2.16. The molecule has 2 aromatic rings. The number of ketones is 1. The topological polar surface area (TPSA) is 29.1 Å². The Morgan fingerprint density at radius 3 is 2.58 bits per heavy atom. The molecule has 0 heterocycles. The third-order valence-corrected chi connectivity index (χ3v) is 3.20. The third kappa shape index (κ3) is 3.09. The van der Waals surface area contributed by atoms with Gasteiger partial charge in [0.25, 0.3) is 0 Å². The van der Waals surface area contributed by atoms with Crippen molar-refractivity contribution in [3.8, 4) is 0 Å². The van der Waals surface area contributed by atoms with Gasteiger partial charge in [0.05, 0.1) is 0 Å². The summed E-state index contributed by atoms with van der Waals surface area (Å²) in [4.78, 5) is 12.5. The molecule has 0 bridgehead atoms. The highest BCUT2D eigenvalue weighted by atomic mass is 16.1. The molecule has 0 fully saturated rings. The summed E-state index contributed by atoms with van der Waals surface area (Å²) in [5.41, 5.74) is 4.87. The molecule has 0 amide bonds. The molecule has 2 aromatic carbocycles. The van der Waals surface area contributed by atoms with Gasteiger partial charge in [0.15, 0.2) is 5.78 Å². The molecule has 0 saturated carbocycles. The maximum Gasteiger partial charge on any atom is 0.193 e. The van der Waals surface area contributed by atoms with E-state index in [4.69, 9.17) is 0 Å². The number of carbonyl (C=O) groups is 1. The summed E-state index contributed by atoms with van der Waals surface area (Å²) in [5.74, 6) is 0.0930. The van der Waals surface area contributed by atoms with Crippen LogP contribution in [0.1, 0.15) is 32.6 Å². The minimum absolute atomic E-state index is 0.0930. The first-order chi connectivity index (χ1) is 9.11. The van der Waals surface area contributed by atoms with E-state index in [9.17, 15) is 4.79 Å². The van der Waals surface area contributed by atoms with Crippen LogP contribution in [0.15, 0.2) is 42.5 Å². The summed E-state index contributed by atoms with van der Waals surface area (Å²) >= 11 is 0. The fourth-order valence-corrected chi connectivity index (χ4v) is 2.25. The highest BCUT2D eigenvalue weighted by molar-refractivity contribution is 6.10. The molecule has 1 N–H and O–H groups in total. The van der Waals surface area contributed by atoms with Crippen molar-refractivity contribution < 1.29 is 4.79 Å². The van der Waals surface area contributed by atoms with Gasteiger partial charge in [0.2, 0.25) is 0 Å². The molecule has 0 unspecified atom stereocenters. The lowest BCUT2D eigenvalue weighted by atomic mass is 9.96. The monoisotopic (exact) mass is 253 g/mol. The Morgan fingerprint density at radius 2 is 1.89 bits per heavy atom. The maximum atomic E-state index is 12.5. The largest absolute Gasteiger partial charge is 0.316 e. The fraction of sp³-hybridized carbons (Fsp3) is 0.235. The van der Waals surface area contributed by atoms with Crippen molar-refractivity contribution in [2.75, 3.05) is 7.05 Å². The van der Waals surface area contributed by atoms with Crippen molar-refractivity contribution in [2.24, 2.45) is 0 Å². The predicted octanol–water partition coefficient (Wildman–Crippen LogP) is 3.25. The molecule has 0 aromatic heterocycles. The summed E-state index contributed by atoms with van der Waals surface area (Å²) < 4.78 is 0. The summed E-state index contributed by atoms with van der Waals surface area (Å²) in [6, 6.07) is 13.7. The first-order valence-corrected chi connectivity index (χ1v) is 6.47. The number of rotatable bonds is 4. The number of nitrogens with one attached hydrogen (secondary N) is 1. The van der Waals surface area contributed by atoms with E-state index in [-0.39, 0.29) is 5.78 Å². The average Bonchev–Trinajstić information content (AvgIpc) is 2.39. The molecule has 0 saturated heterocycles. The molecule has 98 valence electrons. The molecule has 2 heteroatoms. The molecule has 19 heavy (non-hydrogen) atoms. The van der Waals surface area contributed by atoms with Crippen LogP contribution in [0, 0.1) is 13.8 Å². The first-order valence-electron chi connectivity index (χ1n) is 6.47. The van der Waals surface area contributed by atoms with E-state index >= 15 is 0 Å². The molecular formula is C17H19NO. The van der Waals surface area contributed by atoms with Crippen LogP contribution in [-0.4, -0.2) is 12.8 Å². The quantitative estimate of drug-likeness (QED) is 0.847. The minimum Gasteiger partial charge on any atom is -0.316 e. The van der Waals surface area contributed by atoms with Crippen molar-refractivity contribution in [1.82, 2.24) is 5.32 Å². The van der Waals surface area contributed by atoms with Gasteiger partial charge < -0.3 is 5.32 Å². The van der Waals surface area contributed by atoms with E-state index in [0.717, 1.165) is 28.8 Å². The third-order valence-electron chi connectivity index (χ3n) is 3.20. The Balaban J connectivity index is 2.35. The van der Waals surface area contributed by atoms with Crippen LogP contribution < -0.4 is 5.32 Å². The molecule has 0 aliphatic carbocycles. The zero-order valence-electron chi connectivity index (χ0n) is 11.7. The van der Waals surface area contributed by atoms with Crippen molar-refractivity contribution in [3.63, 3.8) is 0 Å². The van der Waals surface area contributed by atoms with Crippen LogP contribution >= 0.6 is 0 Å². The molecule has 2 nitrogen and oxygen atoms in total. The molecular weight excluding hydrogens is 234 g/mol. The van der Waals surface area contributed by atoms with Crippen molar-refractivity contribution in [1.29, 1.82) is 0 Å². The van der Waals surface area contributed by atoms with E-state index < -0.39 is 0 Å². The maximum absolute atomic E-state index is 12.5. The smallest absolute Gasteiger partial charge is 0.193 e. The van der Waals surface area contributed by atoms with Crippen molar-refractivity contribution in [2.45, 2.75) is 20.4 Å². The lowest BCUT2D eigenvalue weighted by molar-refractivity contribution is 0.103. The normalized spacial score (nSPS) is 10.5. The van der Waals surface area contributed by atoms with Gasteiger partial charge in [-0.25, -0.2) is 0 Å². The van der Waals surface area contributed by atoms with E-state index in [1.54, 1.807) is 0 Å². The number of carbonyl (C=O) groups excluding carboxylic acids is 1. The Labute approximate surface area is 114 Å². The lowest BCUT2D eigenvalue weighted by Gasteiger charge is -2.08. The Hall–Kier alpha value is -1.93. The molecule has 2 rings (SSSR count). The zero-order valence-corrected chi connectivity index (χ0v) is 11.7. The molecule has 0 aliphatic heterocycles. The highest BCUT2D eigenvalue weighted by Gasteiger charge is 2.11. The summed E-state index contributed by atoms with van der Waals surface area (Å²) in [6.07, 6.45) is 0. The van der Waals surface area contributed by atoms with Crippen molar-refractivity contribution >= 4 is 5.78 Å². The second kappa shape index (κ2) is 5.81. The molecule has 0 spiro atoms. The van der Waals surface area contributed by atoms with E-state index in [0.29, 0.717) is 0 Å². The Morgan fingerprint density at radius 1 is 1.11 bits per heavy atom. The van der Waals surface area contributed by atoms with Gasteiger partial charge in [0.1, 0.15) is 0 Å². The first kappa shape index (κ1) is 13.5. The van der Waals surface area contributed by atoms with Gasteiger partial charge >= 0.3 is 0 Å². The Kier molecular flexibility index (Phi) is 4.13. The molecule has 0 aliphatic rings. The van der Waals surface area contributed by atoms with Gasteiger partial charge in [-0.15, -0.1) is 0 Å². The predicted molar refractivity (Wildman–Crippen MR) is 78.6 cm³/mol. The van der Waals surface area contributed by atoms with Crippen LogP contribution in [-0.2, 0) is 6.54 Å². The summed E-state index contributed by atoms with van der Waals surface area (Å²) in [5, 5.41) is 3.10. The van der Waals surface area contributed by atoms with Crippen molar-refractivity contribution in [3.05, 3.63) is 70.3 Å². The fourth-order valence-electron chi connectivity index (χ4n) is 2.25. The average molecular weight is 253 g/mol. The van der Waals surface area contributed by atoms with Crippen LogP contribution in [0.5, 0.6) is 0 Å². The number of hydrogen-bond donors (Lipinski definition) is 1. The van der Waals surface area contributed by atoms with Gasteiger partial charge in [0, 0.05) is 17.7 Å². The van der Waals surface area contributed by atoms with Gasteiger partial charge in [-0.05, 0) is 38.1 Å². The standard InChI is InChI=1S/C17H19NO/c1-12-7-8-16(13(2)9-12)17(19)15-6-4-5-14(10-15)11-18-3/h4-10,18H,11H2,1-3H3. The second-order valence-corrected chi connectivity index (χ2v) is 4.88. The van der Waals surface area contributed by atoms with Crippen LogP contribution in [0.3, 0.4) is 0 Å². The minimum atomic E-state index is 0.0930. The van der Waals surface area contributed by atoms with Crippen LogP contribution in [0.2, 0.25) is 0 Å². The van der Waals surface area contributed by atoms with Gasteiger partial charge in [-0.1, -0.05) is 42.0 Å². The number of benzene rings is 2. The van der Waals surface area contributed by atoms with Gasteiger partial charge in [-0.3, -0.25) is 4.79 Å². The Bertz CT molecular complexity index is 602.